The maximum atomic E-state index is 12.5. The van der Waals surface area contributed by atoms with Gasteiger partial charge in [-0.15, -0.1) is 0 Å². The van der Waals surface area contributed by atoms with Crippen molar-refractivity contribution >= 4 is 5.91 Å². The van der Waals surface area contributed by atoms with Crippen molar-refractivity contribution in [1.82, 2.24) is 29.1 Å². The molecular weight excluding hydrogens is 304 g/mol. The van der Waals surface area contributed by atoms with Crippen LogP contribution in [0.3, 0.4) is 0 Å². The molecule has 1 amide bonds. The fourth-order valence-electron chi connectivity index (χ4n) is 3.15. The average Bonchev–Trinajstić information content (AvgIpc) is 3.10. The predicted octanol–water partition coefficient (Wildman–Crippen LogP) is 1.14. The van der Waals surface area contributed by atoms with Crippen LogP contribution in [0.5, 0.6) is 0 Å². The molecular formula is C17H26N6O. The van der Waals surface area contributed by atoms with Gasteiger partial charge in [0.2, 0.25) is 5.91 Å². The van der Waals surface area contributed by atoms with Crippen LogP contribution in [0.15, 0.2) is 24.8 Å². The number of carbonyl (C=O) groups is 1. The number of nitrogens with zero attached hydrogens (tertiary/aromatic N) is 6. The topological polar surface area (TPSA) is 59.2 Å². The van der Waals surface area contributed by atoms with Crippen LogP contribution in [0.25, 0.3) is 0 Å². The van der Waals surface area contributed by atoms with E-state index in [1.165, 1.54) is 0 Å². The number of aryl methyl sites for hydroxylation is 2. The highest BCUT2D eigenvalue weighted by atomic mass is 16.2. The average molecular weight is 330 g/mol. The Morgan fingerprint density at radius 3 is 2.88 bits per heavy atom. The monoisotopic (exact) mass is 330 g/mol. The molecule has 0 spiro atoms. The van der Waals surface area contributed by atoms with E-state index in [4.69, 9.17) is 0 Å². The first-order valence-corrected chi connectivity index (χ1v) is 8.65. The number of hydrogen-bond acceptors (Lipinski definition) is 4. The largest absolute Gasteiger partial charge is 0.340 e. The number of hydrogen-bond donors (Lipinski definition) is 0. The van der Waals surface area contributed by atoms with Crippen LogP contribution in [0.4, 0.5) is 0 Å². The van der Waals surface area contributed by atoms with E-state index in [1.807, 2.05) is 30.4 Å². The minimum absolute atomic E-state index is 0.148. The summed E-state index contributed by atoms with van der Waals surface area (Å²) < 4.78 is 3.90. The molecule has 3 heterocycles. The second-order valence-corrected chi connectivity index (χ2v) is 6.36. The van der Waals surface area contributed by atoms with Gasteiger partial charge >= 0.3 is 0 Å². The molecule has 130 valence electrons. The van der Waals surface area contributed by atoms with Crippen molar-refractivity contribution in [2.45, 2.75) is 39.9 Å². The summed E-state index contributed by atoms with van der Waals surface area (Å²) in [5.74, 6) is 1.25. The third kappa shape index (κ3) is 4.03. The summed E-state index contributed by atoms with van der Waals surface area (Å²) in [7, 11) is 0. The maximum absolute atomic E-state index is 12.5. The molecule has 0 radical (unpaired) electrons. The predicted molar refractivity (Wildman–Crippen MR) is 91.3 cm³/mol. The summed E-state index contributed by atoms with van der Waals surface area (Å²) in [6.45, 7) is 9.71. The first-order chi connectivity index (χ1) is 11.7. The van der Waals surface area contributed by atoms with Gasteiger partial charge < -0.3 is 9.47 Å². The van der Waals surface area contributed by atoms with Crippen LogP contribution in [0, 0.1) is 6.92 Å². The van der Waals surface area contributed by atoms with Crippen molar-refractivity contribution in [2.75, 3.05) is 26.2 Å². The molecule has 0 saturated carbocycles. The van der Waals surface area contributed by atoms with Crippen LogP contribution in [0.1, 0.15) is 24.7 Å². The van der Waals surface area contributed by atoms with Crippen molar-refractivity contribution < 1.29 is 4.79 Å². The molecule has 2 aromatic rings. The van der Waals surface area contributed by atoms with Crippen molar-refractivity contribution in [2.24, 2.45) is 0 Å². The lowest BCUT2D eigenvalue weighted by Crippen LogP contribution is -2.37. The van der Waals surface area contributed by atoms with E-state index < -0.39 is 0 Å². The summed E-state index contributed by atoms with van der Waals surface area (Å²) in [6.07, 6.45) is 8.57. The Morgan fingerprint density at radius 1 is 1.25 bits per heavy atom. The number of rotatable bonds is 5. The van der Waals surface area contributed by atoms with E-state index in [9.17, 15) is 4.79 Å². The molecule has 0 aliphatic carbocycles. The number of aromatic nitrogens is 4. The van der Waals surface area contributed by atoms with Gasteiger partial charge in [-0.2, -0.15) is 5.10 Å². The maximum Gasteiger partial charge on any atom is 0.244 e. The minimum atomic E-state index is 0.148. The first kappa shape index (κ1) is 16.7. The lowest BCUT2D eigenvalue weighted by Gasteiger charge is -2.22. The van der Waals surface area contributed by atoms with E-state index in [0.29, 0.717) is 6.54 Å². The van der Waals surface area contributed by atoms with Gasteiger partial charge in [-0.05, 0) is 25.8 Å². The Kier molecular flexibility index (Phi) is 5.30. The summed E-state index contributed by atoms with van der Waals surface area (Å²) in [6, 6.07) is 0. The fraction of sp³-hybridized carbons (Fsp3) is 0.588. The second-order valence-electron chi connectivity index (χ2n) is 6.36. The van der Waals surface area contributed by atoms with E-state index in [1.54, 1.807) is 10.9 Å². The summed E-state index contributed by atoms with van der Waals surface area (Å²) >= 11 is 0. The molecule has 3 rings (SSSR count). The van der Waals surface area contributed by atoms with E-state index >= 15 is 0 Å². The van der Waals surface area contributed by atoms with Crippen LogP contribution in [-0.4, -0.2) is 61.2 Å². The van der Waals surface area contributed by atoms with Crippen LogP contribution >= 0.6 is 0 Å². The van der Waals surface area contributed by atoms with E-state index in [-0.39, 0.29) is 5.91 Å². The third-order valence-electron chi connectivity index (χ3n) is 4.51. The van der Waals surface area contributed by atoms with Crippen LogP contribution in [0.2, 0.25) is 0 Å². The van der Waals surface area contributed by atoms with Crippen LogP contribution < -0.4 is 0 Å². The van der Waals surface area contributed by atoms with Gasteiger partial charge in [0.05, 0.1) is 12.7 Å². The first-order valence-electron chi connectivity index (χ1n) is 8.65. The van der Waals surface area contributed by atoms with Gasteiger partial charge in [0.25, 0.3) is 0 Å². The van der Waals surface area contributed by atoms with Gasteiger partial charge in [-0.1, -0.05) is 0 Å². The molecule has 1 fully saturated rings. The lowest BCUT2D eigenvalue weighted by molar-refractivity contribution is -0.131. The number of imidazole rings is 1. The van der Waals surface area contributed by atoms with E-state index in [0.717, 1.165) is 57.1 Å². The fourth-order valence-corrected chi connectivity index (χ4v) is 3.15. The Labute approximate surface area is 142 Å². The normalized spacial score (nSPS) is 16.3. The smallest absolute Gasteiger partial charge is 0.244 e. The Hall–Kier alpha value is -2.15. The Balaban J connectivity index is 1.53. The summed E-state index contributed by atoms with van der Waals surface area (Å²) in [5.41, 5.74) is 1.08. The highest BCUT2D eigenvalue weighted by Crippen LogP contribution is 2.09. The zero-order chi connectivity index (χ0) is 16.9. The molecule has 0 aromatic carbocycles. The van der Waals surface area contributed by atoms with Crippen molar-refractivity contribution in [3.63, 3.8) is 0 Å². The van der Waals surface area contributed by atoms with Crippen molar-refractivity contribution in [3.05, 3.63) is 36.2 Å². The second kappa shape index (κ2) is 7.61. The molecule has 0 bridgehead atoms. The van der Waals surface area contributed by atoms with Gasteiger partial charge in [-0.25, -0.2) is 4.98 Å². The highest BCUT2D eigenvalue weighted by Gasteiger charge is 2.20. The van der Waals surface area contributed by atoms with Crippen LogP contribution in [-0.2, 0) is 24.4 Å². The summed E-state index contributed by atoms with van der Waals surface area (Å²) in [4.78, 5) is 21.3. The highest BCUT2D eigenvalue weighted by molar-refractivity contribution is 5.75. The van der Waals surface area contributed by atoms with Crippen molar-refractivity contribution in [3.8, 4) is 0 Å². The molecule has 1 aliphatic heterocycles. The molecule has 0 N–H and O–H groups in total. The van der Waals surface area contributed by atoms with Gasteiger partial charge in [-0.3, -0.25) is 14.4 Å². The van der Waals surface area contributed by atoms with Crippen molar-refractivity contribution in [1.29, 1.82) is 0 Å². The molecule has 24 heavy (non-hydrogen) atoms. The molecule has 1 saturated heterocycles. The molecule has 0 atom stereocenters. The molecule has 0 unspecified atom stereocenters. The summed E-state index contributed by atoms with van der Waals surface area (Å²) in [5, 5.41) is 4.21. The zero-order valence-electron chi connectivity index (χ0n) is 14.6. The third-order valence-corrected chi connectivity index (χ3v) is 4.51. The van der Waals surface area contributed by atoms with Gasteiger partial charge in [0.15, 0.2) is 0 Å². The quantitative estimate of drug-likeness (QED) is 0.825. The minimum Gasteiger partial charge on any atom is -0.340 e. The standard InChI is InChI=1S/C17H26N6O/c1-3-21-8-5-18-16(21)13-20-6-4-7-22(10-9-20)17(24)14-23-12-15(2)11-19-23/h5,8,11-12H,3-4,6-7,9-10,13-14H2,1-2H3. The number of carbonyl (C=O) groups excluding carboxylic acids is 1. The Morgan fingerprint density at radius 2 is 2.12 bits per heavy atom. The van der Waals surface area contributed by atoms with Gasteiger partial charge in [0.1, 0.15) is 12.4 Å². The zero-order valence-corrected chi connectivity index (χ0v) is 14.6. The SMILES string of the molecule is CCn1ccnc1CN1CCCN(C(=O)Cn2cc(C)cn2)CC1. The van der Waals surface area contributed by atoms with E-state index in [2.05, 4.69) is 26.5 Å². The Bertz CT molecular complexity index is 676. The van der Waals surface area contributed by atoms with Gasteiger partial charge in [0, 0.05) is 51.3 Å². The lowest BCUT2D eigenvalue weighted by atomic mass is 10.3. The molecule has 1 aliphatic rings. The molecule has 7 heteroatoms. The number of amides is 1. The molecule has 2 aromatic heterocycles. The molecule has 7 nitrogen and oxygen atoms in total.